The van der Waals surface area contributed by atoms with Gasteiger partial charge in [0.15, 0.2) is 17.2 Å². The molecule has 0 radical (unpaired) electrons. The molecule has 5 N–H and O–H groups in total. The van der Waals surface area contributed by atoms with E-state index in [4.69, 9.17) is 4.74 Å². The Balaban J connectivity index is 1.84. The molecule has 12 heteroatoms. The van der Waals surface area contributed by atoms with E-state index in [0.717, 1.165) is 0 Å². The molecule has 6 atom stereocenters. The van der Waals surface area contributed by atoms with Crippen molar-refractivity contribution in [2.45, 2.75) is 56.1 Å². The molecule has 12 nitrogen and oxygen atoms in total. The zero-order chi connectivity index (χ0) is 20.4. The number of rotatable bonds is 3. The third-order valence-corrected chi connectivity index (χ3v) is 5.58. The lowest BCUT2D eigenvalue weighted by molar-refractivity contribution is -0.807. The first-order chi connectivity index (χ1) is 13.1. The van der Waals surface area contributed by atoms with Crippen molar-refractivity contribution in [3.8, 4) is 0 Å². The molecule has 2 aromatic heterocycles. The van der Waals surface area contributed by atoms with Gasteiger partial charge < -0.3 is 35.1 Å². The van der Waals surface area contributed by atoms with Gasteiger partial charge in [-0.3, -0.25) is 9.88 Å². The standard InChI is InChI=1S/C16H21N5O7/c1-15(14(25)26)13(24)16(2,27)21-6-18-11-10(12(21)19-15)17-5-20(11)9-3-7(23)8(4-22)28-9/h5-9,13,22-24,27H,3-4H2,1-2H3,(H,25,26)/t7?,8-,9-,13-,15+,16-/m1/s1. The molecule has 28 heavy (non-hydrogen) atoms. The van der Waals surface area contributed by atoms with Crippen molar-refractivity contribution in [1.82, 2.24) is 14.5 Å². The molecule has 2 aliphatic heterocycles. The van der Waals surface area contributed by atoms with Gasteiger partial charge in [0.2, 0.25) is 17.7 Å². The van der Waals surface area contributed by atoms with Crippen LogP contribution in [0.5, 0.6) is 0 Å². The number of carboxylic acids is 1. The molecule has 1 fully saturated rings. The quantitative estimate of drug-likeness (QED) is 0.325. The Kier molecular flexibility index (Phi) is 4.10. The second kappa shape index (κ2) is 6.06. The van der Waals surface area contributed by atoms with E-state index < -0.39 is 41.8 Å². The normalized spacial score (nSPS) is 37.6. The van der Waals surface area contributed by atoms with Crippen LogP contribution in [-0.4, -0.2) is 71.4 Å². The summed E-state index contributed by atoms with van der Waals surface area (Å²) in [7, 11) is 0. The van der Waals surface area contributed by atoms with Crippen molar-refractivity contribution in [2.75, 3.05) is 11.9 Å². The highest BCUT2D eigenvalue weighted by molar-refractivity contribution is 5.87. The molecule has 1 unspecified atom stereocenters. The summed E-state index contributed by atoms with van der Waals surface area (Å²) in [6.07, 6.45) is -1.08. The maximum Gasteiger partial charge on any atom is 0.256 e. The van der Waals surface area contributed by atoms with Gasteiger partial charge >= 0.3 is 0 Å². The van der Waals surface area contributed by atoms with Crippen LogP contribution in [0.15, 0.2) is 12.7 Å². The molecule has 152 valence electrons. The molecular formula is C16H21N5O7. The van der Waals surface area contributed by atoms with Crippen molar-refractivity contribution in [2.24, 2.45) is 0 Å². The van der Waals surface area contributed by atoms with Crippen LogP contribution >= 0.6 is 0 Å². The van der Waals surface area contributed by atoms with E-state index in [0.29, 0.717) is 5.65 Å². The lowest BCUT2D eigenvalue weighted by Crippen LogP contribution is -2.77. The van der Waals surface area contributed by atoms with Crippen molar-refractivity contribution in [3.05, 3.63) is 12.7 Å². The van der Waals surface area contributed by atoms with Crippen LogP contribution in [0.3, 0.4) is 0 Å². The second-order valence-corrected chi connectivity index (χ2v) is 7.51. The molecule has 0 saturated carbocycles. The first-order valence-electron chi connectivity index (χ1n) is 8.73. The number of nitrogens with one attached hydrogen (secondary N) is 1. The number of ether oxygens (including phenoxy) is 1. The number of carbonyl (C=O) groups is 1. The third kappa shape index (κ3) is 2.42. The van der Waals surface area contributed by atoms with Gasteiger partial charge in [0.25, 0.3) is 5.82 Å². The van der Waals surface area contributed by atoms with Crippen LogP contribution in [0.1, 0.15) is 26.5 Å². The van der Waals surface area contributed by atoms with Crippen molar-refractivity contribution in [1.29, 1.82) is 0 Å². The fourth-order valence-electron chi connectivity index (χ4n) is 3.81. The van der Waals surface area contributed by atoms with E-state index in [2.05, 4.69) is 15.3 Å². The van der Waals surface area contributed by atoms with E-state index in [1.807, 2.05) is 0 Å². The number of hydrogen-bond donors (Lipinski definition) is 5. The number of hydrogen-bond acceptors (Lipinski definition) is 10. The van der Waals surface area contributed by atoms with Gasteiger partial charge in [-0.2, -0.15) is 0 Å². The second-order valence-electron chi connectivity index (χ2n) is 7.51. The summed E-state index contributed by atoms with van der Waals surface area (Å²) < 4.78 is 8.36. The maximum atomic E-state index is 11.7. The minimum absolute atomic E-state index is 0.128. The molecular weight excluding hydrogens is 374 g/mol. The van der Waals surface area contributed by atoms with Gasteiger partial charge in [0.05, 0.1) is 18.7 Å². The number of aliphatic hydroxyl groups is 4. The van der Waals surface area contributed by atoms with Crippen LogP contribution < -0.4 is 15.0 Å². The largest absolute Gasteiger partial charge is 0.546 e. The van der Waals surface area contributed by atoms with Gasteiger partial charge in [-0.05, 0) is 6.92 Å². The topological polar surface area (TPSA) is 177 Å². The fourth-order valence-corrected chi connectivity index (χ4v) is 3.81. The minimum atomic E-state index is -2.00. The van der Waals surface area contributed by atoms with Gasteiger partial charge in [-0.15, -0.1) is 0 Å². The monoisotopic (exact) mass is 395 g/mol. The summed E-state index contributed by atoms with van der Waals surface area (Å²) >= 11 is 0. The Morgan fingerprint density at radius 2 is 2.18 bits per heavy atom. The Bertz CT molecular complexity index is 947. The highest BCUT2D eigenvalue weighted by atomic mass is 16.5. The van der Waals surface area contributed by atoms with Crippen LogP contribution in [0.2, 0.25) is 0 Å². The number of aliphatic carboxylic acids is 1. The van der Waals surface area contributed by atoms with Crippen molar-refractivity contribution in [3.63, 3.8) is 0 Å². The van der Waals surface area contributed by atoms with E-state index >= 15 is 0 Å². The number of anilines is 1. The Hall–Kier alpha value is -2.38. The smallest absolute Gasteiger partial charge is 0.256 e. The summed E-state index contributed by atoms with van der Waals surface area (Å²) in [6.45, 7) is 2.13. The number of nitrogens with zero attached hydrogens (tertiary/aromatic N) is 4. The lowest BCUT2D eigenvalue weighted by atomic mass is 9.85. The zero-order valence-electron chi connectivity index (χ0n) is 15.2. The summed E-state index contributed by atoms with van der Waals surface area (Å²) in [5.41, 5.74) is -3.44. The number of fused-ring (bicyclic) bond motifs is 3. The van der Waals surface area contributed by atoms with Gasteiger partial charge in [0.1, 0.15) is 18.7 Å². The molecule has 2 aromatic rings. The van der Waals surface area contributed by atoms with Crippen molar-refractivity contribution < 1.29 is 39.6 Å². The average Bonchev–Trinajstić information content (AvgIpc) is 3.23. The van der Waals surface area contributed by atoms with E-state index in [-0.39, 0.29) is 24.4 Å². The molecule has 2 aliphatic rings. The predicted octanol–water partition coefficient (Wildman–Crippen LogP) is -3.68. The molecule has 0 spiro atoms. The lowest BCUT2D eigenvalue weighted by Gasteiger charge is -2.44. The van der Waals surface area contributed by atoms with Crippen LogP contribution in [0, 0.1) is 0 Å². The molecule has 4 heterocycles. The number of carboxylic acid groups (broad SMARTS) is 1. The first-order valence-corrected chi connectivity index (χ1v) is 8.73. The summed E-state index contributed by atoms with van der Waals surface area (Å²) in [5.74, 6) is -1.47. The van der Waals surface area contributed by atoms with Crippen LogP contribution in [0.25, 0.3) is 11.2 Å². The summed E-state index contributed by atoms with van der Waals surface area (Å²) in [5, 5.41) is 54.8. The number of aliphatic hydroxyl groups excluding tert-OH is 3. The fraction of sp³-hybridized carbons (Fsp3) is 0.625. The Morgan fingerprint density at radius 1 is 1.46 bits per heavy atom. The van der Waals surface area contributed by atoms with Crippen LogP contribution in [0.4, 0.5) is 5.82 Å². The summed E-state index contributed by atoms with van der Waals surface area (Å²) in [4.78, 5) is 20.2. The highest BCUT2D eigenvalue weighted by Crippen LogP contribution is 2.35. The van der Waals surface area contributed by atoms with Crippen molar-refractivity contribution >= 4 is 23.0 Å². The number of aromatic nitrogens is 4. The Morgan fingerprint density at radius 3 is 2.79 bits per heavy atom. The number of imidazole rings is 1. The van der Waals surface area contributed by atoms with E-state index in [1.54, 1.807) is 4.57 Å². The van der Waals surface area contributed by atoms with Crippen LogP contribution in [-0.2, 0) is 15.3 Å². The average molecular weight is 395 g/mol. The van der Waals surface area contributed by atoms with Gasteiger partial charge in [0, 0.05) is 13.3 Å². The van der Waals surface area contributed by atoms with Gasteiger partial charge in [-0.1, -0.05) is 4.98 Å². The SMILES string of the molecule is C[C@]1(C(=O)[O-])Nc2c3ncn([C@H]4CC(O)[C@@H](CO)O4)c3nc[n+]2[C@](C)(O)[C@@H]1O. The molecule has 0 bridgehead atoms. The third-order valence-electron chi connectivity index (χ3n) is 5.58. The molecule has 1 saturated heterocycles. The molecule has 0 aromatic carbocycles. The van der Waals surface area contributed by atoms with E-state index in [1.165, 1.54) is 31.1 Å². The van der Waals surface area contributed by atoms with E-state index in [9.17, 15) is 30.3 Å². The maximum absolute atomic E-state index is 11.7. The minimum Gasteiger partial charge on any atom is -0.546 e. The predicted molar refractivity (Wildman–Crippen MR) is 88.3 cm³/mol. The molecule has 0 amide bonds. The Labute approximate surface area is 158 Å². The summed E-state index contributed by atoms with van der Waals surface area (Å²) in [6, 6.07) is 0. The number of carbonyl (C=O) groups excluding carboxylic acids is 1. The zero-order valence-corrected chi connectivity index (χ0v) is 15.2. The molecule has 4 rings (SSSR count). The highest BCUT2D eigenvalue weighted by Gasteiger charge is 2.56. The first kappa shape index (κ1) is 19.0. The molecule has 0 aliphatic carbocycles. The van der Waals surface area contributed by atoms with Gasteiger partial charge in [-0.25, -0.2) is 9.55 Å².